The van der Waals surface area contributed by atoms with Crippen molar-refractivity contribution in [1.82, 2.24) is 15.3 Å². The Labute approximate surface area is 164 Å². The molecule has 1 aromatic heterocycles. The smallest absolute Gasteiger partial charge is 0.340 e. The second-order valence-corrected chi connectivity index (χ2v) is 6.84. The van der Waals surface area contributed by atoms with E-state index in [9.17, 15) is 9.59 Å². The molecule has 1 amide bonds. The Kier molecular flexibility index (Phi) is 6.94. The Balaban J connectivity index is 1.71. The van der Waals surface area contributed by atoms with Gasteiger partial charge in [0.05, 0.1) is 17.9 Å². The maximum atomic E-state index is 12.6. The van der Waals surface area contributed by atoms with Gasteiger partial charge >= 0.3 is 5.97 Å². The first-order valence-corrected chi connectivity index (χ1v) is 9.83. The van der Waals surface area contributed by atoms with Gasteiger partial charge in [-0.05, 0) is 31.9 Å². The molecule has 148 valence electrons. The number of hydrogen-bond donors (Lipinski definition) is 2. The van der Waals surface area contributed by atoms with Gasteiger partial charge in [0.15, 0.2) is 0 Å². The first kappa shape index (κ1) is 19.8. The maximum Gasteiger partial charge on any atom is 0.340 e. The molecule has 1 aromatic carbocycles. The van der Waals surface area contributed by atoms with Crippen LogP contribution in [0.4, 0.5) is 11.5 Å². The molecule has 3 rings (SSSR count). The van der Waals surface area contributed by atoms with Crippen LogP contribution in [-0.2, 0) is 4.74 Å². The van der Waals surface area contributed by atoms with Crippen LogP contribution in [0.25, 0.3) is 0 Å². The Morgan fingerprint density at radius 1 is 1.11 bits per heavy atom. The van der Waals surface area contributed by atoms with Crippen LogP contribution >= 0.6 is 0 Å². The molecule has 0 atom stereocenters. The van der Waals surface area contributed by atoms with E-state index in [0.29, 0.717) is 29.4 Å². The zero-order valence-electron chi connectivity index (χ0n) is 16.1. The number of ether oxygens (including phenoxy) is 1. The van der Waals surface area contributed by atoms with Crippen molar-refractivity contribution in [2.24, 2.45) is 0 Å². The zero-order chi connectivity index (χ0) is 19.8. The average Bonchev–Trinajstić information content (AvgIpc) is 2.97. The van der Waals surface area contributed by atoms with Crippen LogP contribution in [0.5, 0.6) is 0 Å². The minimum absolute atomic E-state index is 0.198. The Hall–Kier alpha value is -2.96. The number of nitrogens with one attached hydrogen (secondary N) is 2. The van der Waals surface area contributed by atoms with E-state index >= 15 is 0 Å². The third kappa shape index (κ3) is 5.28. The predicted molar refractivity (Wildman–Crippen MR) is 107 cm³/mol. The van der Waals surface area contributed by atoms with Gasteiger partial charge in [-0.2, -0.15) is 0 Å². The molecule has 0 saturated heterocycles. The number of anilines is 2. The average molecular weight is 382 g/mol. The number of esters is 1. The van der Waals surface area contributed by atoms with Gasteiger partial charge in [-0.25, -0.2) is 14.8 Å². The molecular formula is C21H26N4O3. The van der Waals surface area contributed by atoms with Crippen molar-refractivity contribution in [3.63, 3.8) is 0 Å². The van der Waals surface area contributed by atoms with Gasteiger partial charge < -0.3 is 15.4 Å². The van der Waals surface area contributed by atoms with E-state index < -0.39 is 5.97 Å². The summed E-state index contributed by atoms with van der Waals surface area (Å²) in [7, 11) is 0. The molecular weight excluding hydrogens is 356 g/mol. The molecule has 2 N–H and O–H groups in total. The van der Waals surface area contributed by atoms with Crippen LogP contribution in [0.15, 0.2) is 36.7 Å². The fourth-order valence-corrected chi connectivity index (χ4v) is 3.35. The second-order valence-electron chi connectivity index (χ2n) is 6.84. The summed E-state index contributed by atoms with van der Waals surface area (Å²) in [5.74, 6) is -0.167. The topological polar surface area (TPSA) is 93.2 Å². The standard InChI is InChI=1S/C21H26N4O3/c1-2-28-21(27)16-11-7-8-12-17(16)25-19-13-18(22-14-23-19)20(26)24-15-9-5-3-4-6-10-15/h7-8,11-15H,2-6,9-10H2,1H3,(H,24,26)(H,22,23,25). The Morgan fingerprint density at radius 3 is 2.61 bits per heavy atom. The van der Waals surface area contributed by atoms with Gasteiger partial charge in [-0.1, -0.05) is 37.8 Å². The number of carbonyl (C=O) groups is 2. The predicted octanol–water partition coefficient (Wildman–Crippen LogP) is 3.85. The molecule has 1 saturated carbocycles. The Morgan fingerprint density at radius 2 is 1.86 bits per heavy atom. The number of amides is 1. The van der Waals surface area contributed by atoms with Crippen molar-refractivity contribution < 1.29 is 14.3 Å². The van der Waals surface area contributed by atoms with Crippen molar-refractivity contribution in [3.05, 3.63) is 47.9 Å². The molecule has 0 unspecified atom stereocenters. The molecule has 0 radical (unpaired) electrons. The van der Waals surface area contributed by atoms with Gasteiger partial charge in [0.1, 0.15) is 17.8 Å². The Bertz CT molecular complexity index is 817. The fourth-order valence-electron chi connectivity index (χ4n) is 3.35. The van der Waals surface area contributed by atoms with E-state index in [1.54, 1.807) is 31.2 Å². The molecule has 1 aliphatic rings. The van der Waals surface area contributed by atoms with E-state index in [4.69, 9.17) is 4.74 Å². The lowest BCUT2D eigenvalue weighted by atomic mass is 10.1. The summed E-state index contributed by atoms with van der Waals surface area (Å²) in [5.41, 5.74) is 1.28. The van der Waals surface area contributed by atoms with Crippen molar-refractivity contribution in [3.8, 4) is 0 Å². The highest BCUT2D eigenvalue weighted by Gasteiger charge is 2.18. The van der Waals surface area contributed by atoms with Gasteiger partial charge in [0.2, 0.25) is 0 Å². The summed E-state index contributed by atoms with van der Waals surface area (Å²) < 4.78 is 5.09. The van der Waals surface area contributed by atoms with Crippen LogP contribution < -0.4 is 10.6 Å². The molecule has 0 spiro atoms. The zero-order valence-corrected chi connectivity index (χ0v) is 16.1. The fraction of sp³-hybridized carbons (Fsp3) is 0.429. The highest BCUT2D eigenvalue weighted by Crippen LogP contribution is 2.21. The SMILES string of the molecule is CCOC(=O)c1ccccc1Nc1cc(C(=O)NC2CCCCCC2)ncn1. The van der Waals surface area contributed by atoms with Crippen LogP contribution in [-0.4, -0.2) is 34.5 Å². The molecule has 0 aliphatic heterocycles. The lowest BCUT2D eigenvalue weighted by Gasteiger charge is -2.16. The van der Waals surface area contributed by atoms with E-state index in [1.807, 2.05) is 6.07 Å². The van der Waals surface area contributed by atoms with Crippen molar-refractivity contribution in [2.45, 2.75) is 51.5 Å². The molecule has 7 nitrogen and oxygen atoms in total. The number of aromatic nitrogens is 2. The molecule has 7 heteroatoms. The first-order valence-electron chi connectivity index (χ1n) is 9.83. The third-order valence-corrected chi connectivity index (χ3v) is 4.78. The number of rotatable bonds is 6. The lowest BCUT2D eigenvalue weighted by Crippen LogP contribution is -2.34. The summed E-state index contributed by atoms with van der Waals surface area (Å²) in [5, 5.41) is 6.17. The van der Waals surface area contributed by atoms with Crippen molar-refractivity contribution >= 4 is 23.4 Å². The van der Waals surface area contributed by atoms with E-state index in [1.165, 1.54) is 19.2 Å². The van der Waals surface area contributed by atoms with Crippen molar-refractivity contribution in [2.75, 3.05) is 11.9 Å². The normalized spacial score (nSPS) is 14.8. The third-order valence-electron chi connectivity index (χ3n) is 4.78. The van der Waals surface area contributed by atoms with Crippen LogP contribution in [0, 0.1) is 0 Å². The minimum atomic E-state index is -0.411. The van der Waals surface area contributed by atoms with Crippen LogP contribution in [0.3, 0.4) is 0 Å². The molecule has 1 heterocycles. The number of carbonyl (C=O) groups excluding carboxylic acids is 2. The van der Waals surface area contributed by atoms with Crippen molar-refractivity contribution in [1.29, 1.82) is 0 Å². The second kappa shape index (κ2) is 9.82. The van der Waals surface area contributed by atoms with E-state index in [0.717, 1.165) is 25.7 Å². The highest BCUT2D eigenvalue weighted by atomic mass is 16.5. The van der Waals surface area contributed by atoms with Gasteiger partial charge in [-0.3, -0.25) is 4.79 Å². The van der Waals surface area contributed by atoms with Crippen LogP contribution in [0.1, 0.15) is 66.3 Å². The summed E-state index contributed by atoms with van der Waals surface area (Å²) in [4.78, 5) is 33.0. The minimum Gasteiger partial charge on any atom is -0.462 e. The summed E-state index contributed by atoms with van der Waals surface area (Å²) in [6.45, 7) is 2.06. The number of para-hydroxylation sites is 1. The molecule has 28 heavy (non-hydrogen) atoms. The van der Waals surface area contributed by atoms with Gasteiger partial charge in [-0.15, -0.1) is 0 Å². The summed E-state index contributed by atoms with van der Waals surface area (Å²) in [6.07, 6.45) is 8.11. The molecule has 1 aliphatic carbocycles. The lowest BCUT2D eigenvalue weighted by molar-refractivity contribution is 0.0527. The number of benzene rings is 1. The molecule has 0 bridgehead atoms. The highest BCUT2D eigenvalue weighted by molar-refractivity contribution is 5.97. The number of nitrogens with zero attached hydrogens (tertiary/aromatic N) is 2. The van der Waals surface area contributed by atoms with E-state index in [-0.39, 0.29) is 11.9 Å². The monoisotopic (exact) mass is 382 g/mol. The van der Waals surface area contributed by atoms with Gasteiger partial charge in [0, 0.05) is 12.1 Å². The largest absolute Gasteiger partial charge is 0.462 e. The summed E-state index contributed by atoms with van der Waals surface area (Å²) >= 11 is 0. The summed E-state index contributed by atoms with van der Waals surface area (Å²) in [6, 6.07) is 8.81. The first-order chi connectivity index (χ1) is 13.7. The number of hydrogen-bond acceptors (Lipinski definition) is 6. The molecule has 2 aromatic rings. The maximum absolute atomic E-state index is 12.6. The quantitative estimate of drug-likeness (QED) is 0.582. The van der Waals surface area contributed by atoms with Gasteiger partial charge in [0.25, 0.3) is 5.91 Å². The van der Waals surface area contributed by atoms with Crippen LogP contribution in [0.2, 0.25) is 0 Å². The molecule has 1 fully saturated rings. The van der Waals surface area contributed by atoms with E-state index in [2.05, 4.69) is 20.6 Å².